The summed E-state index contributed by atoms with van der Waals surface area (Å²) in [6.45, 7) is 2.10. The molecule has 0 aliphatic carbocycles. The number of rotatable bonds is 7. The number of fused-ring (bicyclic) bond motifs is 1. The molecule has 0 aromatic heterocycles. The number of nitrogens with one attached hydrogen (secondary N) is 1. The van der Waals surface area contributed by atoms with Gasteiger partial charge in [0.05, 0.1) is 29.7 Å². The van der Waals surface area contributed by atoms with Crippen LogP contribution in [0.1, 0.15) is 29.2 Å². The van der Waals surface area contributed by atoms with E-state index in [0.29, 0.717) is 47.5 Å². The molecule has 3 aromatic rings. The van der Waals surface area contributed by atoms with Gasteiger partial charge < -0.3 is 20.9 Å². The predicted molar refractivity (Wildman–Crippen MR) is 162 cm³/mol. The molecule has 5 rings (SSSR count). The zero-order valence-electron chi connectivity index (χ0n) is 22.9. The van der Waals surface area contributed by atoms with Crippen LogP contribution in [0.25, 0.3) is 0 Å². The molecule has 3 amide bonds. The highest BCUT2D eigenvalue weighted by molar-refractivity contribution is 7.92. The number of urea groups is 1. The van der Waals surface area contributed by atoms with Crippen molar-refractivity contribution >= 4 is 44.9 Å². The summed E-state index contributed by atoms with van der Waals surface area (Å²) < 4.78 is 25.9. The number of amides is 3. The van der Waals surface area contributed by atoms with E-state index in [4.69, 9.17) is 17.3 Å². The third-order valence-corrected chi connectivity index (χ3v) is 9.08. The second-order valence-electron chi connectivity index (χ2n) is 10.5. The quantitative estimate of drug-likeness (QED) is 0.430. The van der Waals surface area contributed by atoms with Crippen molar-refractivity contribution in [2.75, 3.05) is 41.6 Å². The second-order valence-corrected chi connectivity index (χ2v) is 12.7. The van der Waals surface area contributed by atoms with Crippen LogP contribution in [-0.2, 0) is 27.7 Å². The lowest BCUT2D eigenvalue weighted by atomic mass is 9.87. The molecule has 216 valence electrons. The van der Waals surface area contributed by atoms with E-state index in [1.165, 1.54) is 5.56 Å². The number of sulfonamides is 1. The fourth-order valence-corrected chi connectivity index (χ4v) is 6.87. The molecule has 9 nitrogen and oxygen atoms in total. The van der Waals surface area contributed by atoms with Gasteiger partial charge in [-0.05, 0) is 60.3 Å². The molecular weight excluding hydrogens is 562 g/mol. The number of anilines is 2. The standard InChI is InChI=1S/C30H34ClN5O4S/c1-41(39,40)36(30(32)38)26-9-5-4-8-25(26)35-19-18-34(28(37)15-12-21-10-13-23(31)14-11-21)20-27(35)29-24-7-3-2-6-22(24)16-17-33-29/h2-11,13-14,27,29,33H,12,15-20H2,1H3,(H2,32,38)/t27-,29?/m1/s1. The Morgan fingerprint density at radius 3 is 2.46 bits per heavy atom. The first-order chi connectivity index (χ1) is 19.6. The monoisotopic (exact) mass is 595 g/mol. The lowest BCUT2D eigenvalue weighted by Crippen LogP contribution is -2.60. The van der Waals surface area contributed by atoms with Crippen LogP contribution in [0.2, 0.25) is 5.02 Å². The number of para-hydroxylation sites is 2. The van der Waals surface area contributed by atoms with E-state index in [1.54, 1.807) is 18.2 Å². The molecule has 41 heavy (non-hydrogen) atoms. The first-order valence-corrected chi connectivity index (χ1v) is 15.8. The lowest BCUT2D eigenvalue weighted by Gasteiger charge is -2.48. The van der Waals surface area contributed by atoms with Crippen molar-refractivity contribution in [2.45, 2.75) is 31.3 Å². The number of piperazine rings is 1. The van der Waals surface area contributed by atoms with Gasteiger partial charge in [-0.15, -0.1) is 0 Å². The van der Waals surface area contributed by atoms with Crippen molar-refractivity contribution in [2.24, 2.45) is 5.73 Å². The van der Waals surface area contributed by atoms with Gasteiger partial charge in [-0.1, -0.05) is 60.1 Å². The molecule has 0 bridgehead atoms. The molecule has 0 radical (unpaired) electrons. The smallest absolute Gasteiger partial charge is 0.333 e. The molecule has 2 atom stereocenters. The molecule has 0 spiro atoms. The van der Waals surface area contributed by atoms with Gasteiger partial charge in [0, 0.05) is 31.1 Å². The number of hydrogen-bond acceptors (Lipinski definition) is 6. The number of primary amides is 1. The van der Waals surface area contributed by atoms with Gasteiger partial charge in [0.1, 0.15) is 0 Å². The van der Waals surface area contributed by atoms with Crippen LogP contribution >= 0.6 is 11.6 Å². The van der Waals surface area contributed by atoms with Crippen molar-refractivity contribution in [1.29, 1.82) is 0 Å². The Kier molecular flexibility index (Phi) is 8.53. The summed E-state index contributed by atoms with van der Waals surface area (Å²) in [6.07, 6.45) is 2.82. The third kappa shape index (κ3) is 6.34. The van der Waals surface area contributed by atoms with E-state index < -0.39 is 16.1 Å². The summed E-state index contributed by atoms with van der Waals surface area (Å²) in [4.78, 5) is 29.8. The van der Waals surface area contributed by atoms with Crippen LogP contribution in [0, 0.1) is 0 Å². The number of carbonyl (C=O) groups is 2. The van der Waals surface area contributed by atoms with E-state index in [9.17, 15) is 18.0 Å². The van der Waals surface area contributed by atoms with E-state index in [-0.39, 0.29) is 23.7 Å². The Bertz CT molecular complexity index is 1530. The average molecular weight is 596 g/mol. The van der Waals surface area contributed by atoms with Crippen molar-refractivity contribution in [3.8, 4) is 0 Å². The minimum absolute atomic E-state index is 0.0527. The minimum atomic E-state index is -3.99. The highest BCUT2D eigenvalue weighted by Gasteiger charge is 2.39. The molecular formula is C30H34ClN5O4S. The summed E-state index contributed by atoms with van der Waals surface area (Å²) in [7, 11) is -3.99. The Labute approximate surface area is 245 Å². The number of carbonyl (C=O) groups excluding carboxylic acids is 2. The van der Waals surface area contributed by atoms with E-state index in [1.807, 2.05) is 47.4 Å². The zero-order chi connectivity index (χ0) is 29.1. The highest BCUT2D eigenvalue weighted by atomic mass is 35.5. The summed E-state index contributed by atoms with van der Waals surface area (Å²) >= 11 is 6.01. The summed E-state index contributed by atoms with van der Waals surface area (Å²) in [6, 6.07) is 21.2. The van der Waals surface area contributed by atoms with Crippen molar-refractivity contribution < 1.29 is 18.0 Å². The maximum absolute atomic E-state index is 13.5. The second kappa shape index (κ2) is 12.1. The van der Waals surface area contributed by atoms with Crippen LogP contribution < -0.4 is 20.3 Å². The SMILES string of the molecule is CS(=O)(=O)N(C(N)=O)c1ccccc1N1CCN(C(=O)CCc2ccc(Cl)cc2)C[C@@H]1C1NCCc2ccccc21. The Morgan fingerprint density at radius 2 is 1.73 bits per heavy atom. The van der Waals surface area contributed by atoms with E-state index in [2.05, 4.69) is 22.3 Å². The van der Waals surface area contributed by atoms with Gasteiger partial charge in [0.25, 0.3) is 0 Å². The molecule has 2 aliphatic rings. The van der Waals surface area contributed by atoms with Gasteiger partial charge in [0.2, 0.25) is 15.9 Å². The van der Waals surface area contributed by atoms with E-state index in [0.717, 1.165) is 30.3 Å². The highest BCUT2D eigenvalue weighted by Crippen LogP contribution is 2.38. The molecule has 1 fully saturated rings. The zero-order valence-corrected chi connectivity index (χ0v) is 24.4. The van der Waals surface area contributed by atoms with Gasteiger partial charge >= 0.3 is 6.03 Å². The molecule has 11 heteroatoms. The first kappa shape index (κ1) is 28.9. The lowest BCUT2D eigenvalue weighted by molar-refractivity contribution is -0.132. The van der Waals surface area contributed by atoms with Crippen LogP contribution in [0.15, 0.2) is 72.8 Å². The van der Waals surface area contributed by atoms with Crippen molar-refractivity contribution in [3.63, 3.8) is 0 Å². The Balaban J connectivity index is 1.48. The topological polar surface area (TPSA) is 116 Å². The van der Waals surface area contributed by atoms with Gasteiger partial charge in [-0.2, -0.15) is 4.31 Å². The largest absolute Gasteiger partial charge is 0.361 e. The number of hydrogen-bond donors (Lipinski definition) is 2. The molecule has 3 aromatic carbocycles. The summed E-state index contributed by atoms with van der Waals surface area (Å²) in [5.74, 6) is 0.0527. The molecule has 1 unspecified atom stereocenters. The fraction of sp³-hybridized carbons (Fsp3) is 0.333. The fourth-order valence-electron chi connectivity index (χ4n) is 5.90. The number of halogens is 1. The van der Waals surface area contributed by atoms with Crippen molar-refractivity contribution in [3.05, 3.63) is 94.5 Å². The van der Waals surface area contributed by atoms with Crippen LogP contribution in [0.3, 0.4) is 0 Å². The van der Waals surface area contributed by atoms with Gasteiger partial charge in [-0.25, -0.2) is 13.2 Å². The number of nitrogens with zero attached hydrogens (tertiary/aromatic N) is 3. The summed E-state index contributed by atoms with van der Waals surface area (Å²) in [5.41, 5.74) is 9.76. The molecule has 0 saturated carbocycles. The van der Waals surface area contributed by atoms with Crippen LogP contribution in [0.4, 0.5) is 16.2 Å². The molecule has 2 heterocycles. The normalized spacial score (nSPS) is 19.0. The maximum atomic E-state index is 13.5. The molecule has 3 N–H and O–H groups in total. The molecule has 1 saturated heterocycles. The molecule has 2 aliphatic heterocycles. The van der Waals surface area contributed by atoms with E-state index >= 15 is 0 Å². The van der Waals surface area contributed by atoms with Crippen LogP contribution in [0.5, 0.6) is 0 Å². The predicted octanol–water partition coefficient (Wildman–Crippen LogP) is 3.72. The van der Waals surface area contributed by atoms with Gasteiger partial charge in [0.15, 0.2) is 0 Å². The van der Waals surface area contributed by atoms with Crippen LogP contribution in [-0.4, -0.2) is 63.7 Å². The number of aryl methyl sites for hydroxylation is 1. The third-order valence-electron chi connectivity index (χ3n) is 7.79. The van der Waals surface area contributed by atoms with Crippen molar-refractivity contribution in [1.82, 2.24) is 10.2 Å². The Morgan fingerprint density at radius 1 is 1.02 bits per heavy atom. The number of benzene rings is 3. The Hall–Kier alpha value is -3.60. The number of nitrogens with two attached hydrogens (primary N) is 1. The summed E-state index contributed by atoms with van der Waals surface area (Å²) in [5, 5.41) is 4.31. The maximum Gasteiger partial charge on any atom is 0.333 e. The minimum Gasteiger partial charge on any atom is -0.361 e. The average Bonchev–Trinajstić information content (AvgIpc) is 2.95. The first-order valence-electron chi connectivity index (χ1n) is 13.6. The van der Waals surface area contributed by atoms with Gasteiger partial charge in [-0.3, -0.25) is 4.79 Å².